The number of benzene rings is 3. The lowest BCUT2D eigenvalue weighted by atomic mass is 10.0. The molecule has 0 saturated carbocycles. The van der Waals surface area contributed by atoms with Crippen molar-refractivity contribution < 1.29 is 9.59 Å². The van der Waals surface area contributed by atoms with Gasteiger partial charge < -0.3 is 15.5 Å². The molecule has 0 radical (unpaired) electrons. The molecule has 0 unspecified atom stereocenters. The molecule has 2 N–H and O–H groups in total. The molecule has 3 aromatic carbocycles. The summed E-state index contributed by atoms with van der Waals surface area (Å²) in [5.74, 6) is 0.118. The van der Waals surface area contributed by atoms with Crippen molar-refractivity contribution in [2.45, 2.75) is 32.2 Å². The molecule has 0 spiro atoms. The predicted molar refractivity (Wildman–Crippen MR) is 131 cm³/mol. The number of anilines is 1. The summed E-state index contributed by atoms with van der Waals surface area (Å²) in [5.41, 5.74) is 5.53. The van der Waals surface area contributed by atoms with Crippen molar-refractivity contribution in [3.8, 4) is 11.1 Å². The van der Waals surface area contributed by atoms with Gasteiger partial charge in [-0.2, -0.15) is 0 Å². The van der Waals surface area contributed by atoms with E-state index in [2.05, 4.69) is 41.0 Å². The zero-order chi connectivity index (χ0) is 22.8. The summed E-state index contributed by atoms with van der Waals surface area (Å²) in [6.07, 6.45) is 3.13. The third-order valence-electron chi connectivity index (χ3n) is 5.61. The molecule has 0 aliphatic carbocycles. The lowest BCUT2D eigenvalue weighted by Crippen LogP contribution is -2.32. The molecular formula is C27H31N3O2. The van der Waals surface area contributed by atoms with Crippen LogP contribution >= 0.6 is 0 Å². The molecule has 3 rings (SSSR count). The van der Waals surface area contributed by atoms with Gasteiger partial charge >= 0.3 is 6.03 Å². The molecule has 5 nitrogen and oxygen atoms in total. The number of nitrogens with zero attached hydrogens (tertiary/aromatic N) is 1. The highest BCUT2D eigenvalue weighted by Gasteiger charge is 2.11. The molecule has 32 heavy (non-hydrogen) atoms. The summed E-state index contributed by atoms with van der Waals surface area (Å²) in [7, 11) is 3.44. The van der Waals surface area contributed by atoms with Gasteiger partial charge in [-0.3, -0.25) is 4.79 Å². The fourth-order valence-corrected chi connectivity index (χ4v) is 3.65. The molecule has 0 aromatic heterocycles. The van der Waals surface area contributed by atoms with Gasteiger partial charge in [-0.1, -0.05) is 66.7 Å². The lowest BCUT2D eigenvalue weighted by molar-refractivity contribution is -0.118. The molecule has 0 heterocycles. The van der Waals surface area contributed by atoms with Gasteiger partial charge in [-0.15, -0.1) is 0 Å². The second-order valence-electron chi connectivity index (χ2n) is 7.77. The van der Waals surface area contributed by atoms with Crippen LogP contribution in [0.3, 0.4) is 0 Å². The van der Waals surface area contributed by atoms with Crippen LogP contribution in [0.15, 0.2) is 78.9 Å². The van der Waals surface area contributed by atoms with Gasteiger partial charge in [0.05, 0.1) is 0 Å². The fourth-order valence-electron chi connectivity index (χ4n) is 3.65. The Bertz CT molecular complexity index is 1020. The van der Waals surface area contributed by atoms with Gasteiger partial charge in [-0.05, 0) is 53.6 Å². The number of hydrogen-bond acceptors (Lipinski definition) is 2. The third-order valence-corrected chi connectivity index (χ3v) is 5.61. The van der Waals surface area contributed by atoms with E-state index in [4.69, 9.17) is 0 Å². The van der Waals surface area contributed by atoms with E-state index < -0.39 is 0 Å². The van der Waals surface area contributed by atoms with Crippen molar-refractivity contribution in [2.24, 2.45) is 0 Å². The van der Waals surface area contributed by atoms with Crippen LogP contribution in [0.5, 0.6) is 0 Å². The Hall–Kier alpha value is -3.60. The standard InChI is InChI=1S/C27H31N3O2/c1-28-27(32)29-20-24-14-7-6-12-22(24)13-8-9-15-26(31)30(2)25-18-16-23(17-19-25)21-10-4-3-5-11-21/h3-7,10-12,14,16-19H,8-9,13,15,20H2,1-2H3,(H2,28,29,32). The minimum Gasteiger partial charge on any atom is -0.341 e. The van der Waals surface area contributed by atoms with Crippen molar-refractivity contribution in [3.05, 3.63) is 90.0 Å². The van der Waals surface area contributed by atoms with Gasteiger partial charge in [0.1, 0.15) is 0 Å². The van der Waals surface area contributed by atoms with E-state index in [0.717, 1.165) is 36.1 Å². The summed E-state index contributed by atoms with van der Waals surface area (Å²) in [4.78, 5) is 25.8. The molecule has 0 aliphatic heterocycles. The van der Waals surface area contributed by atoms with E-state index in [1.807, 2.05) is 55.6 Å². The topological polar surface area (TPSA) is 61.4 Å². The van der Waals surface area contributed by atoms with Gasteiger partial charge in [-0.25, -0.2) is 4.79 Å². The van der Waals surface area contributed by atoms with Crippen molar-refractivity contribution in [1.29, 1.82) is 0 Å². The number of carbonyl (C=O) groups is 2. The van der Waals surface area contributed by atoms with Gasteiger partial charge in [0, 0.05) is 32.7 Å². The van der Waals surface area contributed by atoms with Gasteiger partial charge in [0.2, 0.25) is 5.91 Å². The van der Waals surface area contributed by atoms with Crippen LogP contribution in [0.1, 0.15) is 30.4 Å². The number of nitrogens with one attached hydrogen (secondary N) is 2. The van der Waals surface area contributed by atoms with E-state index in [1.54, 1.807) is 11.9 Å². The molecule has 0 bridgehead atoms. The molecule has 0 saturated heterocycles. The van der Waals surface area contributed by atoms with E-state index in [0.29, 0.717) is 13.0 Å². The number of unbranched alkanes of at least 4 members (excludes halogenated alkanes) is 1. The zero-order valence-corrected chi connectivity index (χ0v) is 18.8. The first-order valence-electron chi connectivity index (χ1n) is 11.0. The number of aryl methyl sites for hydroxylation is 1. The first-order chi connectivity index (χ1) is 15.6. The maximum Gasteiger partial charge on any atom is 0.314 e. The average molecular weight is 430 g/mol. The molecule has 166 valence electrons. The first kappa shape index (κ1) is 23.1. The summed E-state index contributed by atoms with van der Waals surface area (Å²) in [5, 5.41) is 5.40. The Morgan fingerprint density at radius 3 is 2.09 bits per heavy atom. The smallest absolute Gasteiger partial charge is 0.314 e. The monoisotopic (exact) mass is 429 g/mol. The number of carbonyl (C=O) groups excluding carboxylic acids is 2. The lowest BCUT2D eigenvalue weighted by Gasteiger charge is -2.18. The molecule has 0 fully saturated rings. The summed E-state index contributed by atoms with van der Waals surface area (Å²) >= 11 is 0. The zero-order valence-electron chi connectivity index (χ0n) is 18.8. The van der Waals surface area contributed by atoms with Crippen LogP contribution in [0.2, 0.25) is 0 Å². The number of amides is 3. The Morgan fingerprint density at radius 2 is 1.41 bits per heavy atom. The normalized spacial score (nSPS) is 10.4. The van der Waals surface area contributed by atoms with Crippen LogP contribution in [0, 0.1) is 0 Å². The van der Waals surface area contributed by atoms with Crippen molar-refractivity contribution >= 4 is 17.6 Å². The van der Waals surface area contributed by atoms with Crippen LogP contribution < -0.4 is 15.5 Å². The Morgan fingerprint density at radius 1 is 0.781 bits per heavy atom. The number of urea groups is 1. The van der Waals surface area contributed by atoms with Crippen LogP contribution in [0.25, 0.3) is 11.1 Å². The Labute approximate surface area is 190 Å². The van der Waals surface area contributed by atoms with Crippen LogP contribution in [0.4, 0.5) is 10.5 Å². The molecule has 0 aliphatic rings. The maximum atomic E-state index is 12.7. The second kappa shape index (κ2) is 11.7. The Balaban J connectivity index is 1.47. The summed E-state index contributed by atoms with van der Waals surface area (Å²) in [6.45, 7) is 0.497. The van der Waals surface area contributed by atoms with Crippen LogP contribution in [-0.4, -0.2) is 26.0 Å². The second-order valence-corrected chi connectivity index (χ2v) is 7.77. The molecule has 0 atom stereocenters. The summed E-state index contributed by atoms with van der Waals surface area (Å²) in [6, 6.07) is 26.2. The first-order valence-corrected chi connectivity index (χ1v) is 11.0. The minimum absolute atomic E-state index is 0.118. The SMILES string of the molecule is CNC(=O)NCc1ccccc1CCCCC(=O)N(C)c1ccc(-c2ccccc2)cc1. The van der Waals surface area contributed by atoms with E-state index in [9.17, 15) is 9.59 Å². The largest absolute Gasteiger partial charge is 0.341 e. The maximum absolute atomic E-state index is 12.7. The van der Waals surface area contributed by atoms with E-state index in [-0.39, 0.29) is 11.9 Å². The predicted octanol–water partition coefficient (Wildman–Crippen LogP) is 5.16. The highest BCUT2D eigenvalue weighted by molar-refractivity contribution is 5.93. The highest BCUT2D eigenvalue weighted by atomic mass is 16.2. The van der Waals surface area contributed by atoms with Crippen LogP contribution in [-0.2, 0) is 17.8 Å². The number of hydrogen-bond donors (Lipinski definition) is 2. The Kier molecular flexibility index (Phi) is 8.44. The quantitative estimate of drug-likeness (QED) is 0.462. The van der Waals surface area contributed by atoms with Gasteiger partial charge in [0.25, 0.3) is 0 Å². The highest BCUT2D eigenvalue weighted by Crippen LogP contribution is 2.23. The molecular weight excluding hydrogens is 398 g/mol. The van der Waals surface area contributed by atoms with Crippen molar-refractivity contribution in [2.75, 3.05) is 19.0 Å². The average Bonchev–Trinajstić information content (AvgIpc) is 2.85. The summed E-state index contributed by atoms with van der Waals surface area (Å²) < 4.78 is 0. The fraction of sp³-hybridized carbons (Fsp3) is 0.259. The molecule has 3 aromatic rings. The minimum atomic E-state index is -0.190. The third kappa shape index (κ3) is 6.45. The van der Waals surface area contributed by atoms with Crippen molar-refractivity contribution in [3.63, 3.8) is 0 Å². The van der Waals surface area contributed by atoms with Crippen molar-refractivity contribution in [1.82, 2.24) is 10.6 Å². The number of rotatable bonds is 9. The van der Waals surface area contributed by atoms with E-state index >= 15 is 0 Å². The molecule has 3 amide bonds. The van der Waals surface area contributed by atoms with E-state index in [1.165, 1.54) is 11.1 Å². The molecule has 5 heteroatoms. The van der Waals surface area contributed by atoms with Gasteiger partial charge in [0.15, 0.2) is 0 Å².